The van der Waals surface area contributed by atoms with Crippen LogP contribution in [0.3, 0.4) is 0 Å². The largest absolute Gasteiger partial charge is 0.379 e. The molecule has 0 unspecified atom stereocenters. The first kappa shape index (κ1) is 13.3. The number of benzene rings is 2. The summed E-state index contributed by atoms with van der Waals surface area (Å²) in [6.07, 6.45) is 0. The fraction of sp³-hybridized carbons (Fsp3) is 0. The molecule has 102 valence electrons. The molecule has 8 heteroatoms. The lowest BCUT2D eigenvalue weighted by Crippen LogP contribution is -2.10. The predicted molar refractivity (Wildman–Crippen MR) is 76.7 cm³/mol. The van der Waals surface area contributed by atoms with Crippen molar-refractivity contribution in [1.29, 1.82) is 0 Å². The van der Waals surface area contributed by atoms with Gasteiger partial charge in [-0.2, -0.15) is 17.2 Å². The second-order valence-electron chi connectivity index (χ2n) is 3.88. The minimum atomic E-state index is -3.96. The first-order valence-electron chi connectivity index (χ1n) is 5.47. The Kier molecular flexibility index (Phi) is 3.33. The lowest BCUT2D eigenvalue weighted by molar-refractivity contribution is 0.487. The van der Waals surface area contributed by atoms with Gasteiger partial charge >= 0.3 is 10.1 Å². The quantitative estimate of drug-likeness (QED) is 0.692. The van der Waals surface area contributed by atoms with Crippen molar-refractivity contribution in [3.8, 4) is 5.75 Å². The van der Waals surface area contributed by atoms with Gasteiger partial charge in [0.05, 0.1) is 11.7 Å². The molecule has 0 saturated heterocycles. The van der Waals surface area contributed by atoms with Crippen molar-refractivity contribution in [2.24, 2.45) is 0 Å². The molecule has 3 rings (SSSR count). The van der Waals surface area contributed by atoms with E-state index in [-0.39, 0.29) is 10.6 Å². The average Bonchev–Trinajstić information content (AvgIpc) is 2.89. The topological polar surface area (TPSA) is 69.2 Å². The Morgan fingerprint density at radius 2 is 1.80 bits per heavy atom. The van der Waals surface area contributed by atoms with Gasteiger partial charge in [-0.3, -0.25) is 0 Å². The molecule has 0 saturated carbocycles. The van der Waals surface area contributed by atoms with E-state index in [1.165, 1.54) is 18.2 Å². The summed E-state index contributed by atoms with van der Waals surface area (Å²) in [4.78, 5) is -0.00120. The van der Waals surface area contributed by atoms with Crippen molar-refractivity contribution in [3.63, 3.8) is 0 Å². The third-order valence-electron chi connectivity index (χ3n) is 2.54. The highest BCUT2D eigenvalue weighted by atomic mass is 35.5. The third kappa shape index (κ3) is 2.47. The molecule has 0 spiro atoms. The van der Waals surface area contributed by atoms with Crippen molar-refractivity contribution < 1.29 is 12.6 Å². The van der Waals surface area contributed by atoms with Gasteiger partial charge in [-0.25, -0.2) is 0 Å². The molecule has 3 aromatic rings. The molecule has 0 aliphatic rings. The zero-order valence-corrected chi connectivity index (χ0v) is 12.2. The van der Waals surface area contributed by atoms with Crippen LogP contribution in [0.2, 0.25) is 5.02 Å². The highest BCUT2D eigenvalue weighted by molar-refractivity contribution is 7.87. The number of hydrogen-bond acceptors (Lipinski definition) is 6. The van der Waals surface area contributed by atoms with Gasteiger partial charge in [0.15, 0.2) is 0 Å². The number of aromatic nitrogens is 2. The van der Waals surface area contributed by atoms with Crippen molar-refractivity contribution in [3.05, 3.63) is 47.5 Å². The van der Waals surface area contributed by atoms with Crippen LogP contribution in [-0.4, -0.2) is 17.2 Å². The van der Waals surface area contributed by atoms with E-state index < -0.39 is 10.1 Å². The summed E-state index contributed by atoms with van der Waals surface area (Å²) < 4.78 is 37.6. The minimum absolute atomic E-state index is 0.00120. The maximum Gasteiger partial charge on any atom is 0.341 e. The molecule has 0 amide bonds. The van der Waals surface area contributed by atoms with Crippen LogP contribution in [0.25, 0.3) is 11.0 Å². The number of rotatable bonds is 3. The normalized spacial score (nSPS) is 11.7. The van der Waals surface area contributed by atoms with Crippen LogP contribution in [0.5, 0.6) is 5.75 Å². The van der Waals surface area contributed by atoms with E-state index in [9.17, 15) is 8.42 Å². The first-order valence-corrected chi connectivity index (χ1v) is 7.99. The molecule has 0 aliphatic heterocycles. The lowest BCUT2D eigenvalue weighted by Gasteiger charge is -2.07. The molecular weight excluding hydrogens is 320 g/mol. The number of halogens is 1. The Bertz CT molecular complexity index is 860. The van der Waals surface area contributed by atoms with E-state index in [1.54, 1.807) is 24.3 Å². The second-order valence-corrected chi connectivity index (χ2v) is 6.36. The van der Waals surface area contributed by atoms with Crippen LogP contribution in [0.4, 0.5) is 0 Å². The molecule has 0 N–H and O–H groups in total. The molecule has 0 atom stereocenters. The van der Waals surface area contributed by atoms with E-state index >= 15 is 0 Å². The van der Waals surface area contributed by atoms with Gasteiger partial charge in [0.1, 0.15) is 21.7 Å². The summed E-state index contributed by atoms with van der Waals surface area (Å²) in [6, 6.07) is 10.8. The maximum absolute atomic E-state index is 12.3. The molecule has 0 fully saturated rings. The summed E-state index contributed by atoms with van der Waals surface area (Å²) in [6.45, 7) is 0. The third-order valence-corrected chi connectivity index (χ3v) is 4.61. The molecule has 0 bridgehead atoms. The summed E-state index contributed by atoms with van der Waals surface area (Å²) in [5.74, 6) is 0.189. The SMILES string of the molecule is O=S(=O)(Oc1ccc(Cl)cc1)c1cccc2nsnc12. The van der Waals surface area contributed by atoms with Gasteiger partial charge < -0.3 is 4.18 Å². The van der Waals surface area contributed by atoms with E-state index in [0.29, 0.717) is 16.1 Å². The van der Waals surface area contributed by atoms with Crippen LogP contribution in [-0.2, 0) is 10.1 Å². The van der Waals surface area contributed by atoms with Crippen LogP contribution in [0.1, 0.15) is 0 Å². The van der Waals surface area contributed by atoms with Gasteiger partial charge in [-0.05, 0) is 36.4 Å². The Balaban J connectivity index is 2.03. The van der Waals surface area contributed by atoms with Gasteiger partial charge in [-0.15, -0.1) is 0 Å². The summed E-state index contributed by atoms with van der Waals surface area (Å²) in [5, 5.41) is 0.501. The van der Waals surface area contributed by atoms with Gasteiger partial charge in [0.2, 0.25) is 0 Å². The zero-order valence-electron chi connectivity index (χ0n) is 9.86. The van der Waals surface area contributed by atoms with E-state index in [1.807, 2.05) is 0 Å². The van der Waals surface area contributed by atoms with Crippen molar-refractivity contribution in [2.75, 3.05) is 0 Å². The van der Waals surface area contributed by atoms with Gasteiger partial charge in [-0.1, -0.05) is 17.7 Å². The Morgan fingerprint density at radius 1 is 1.05 bits per heavy atom. The minimum Gasteiger partial charge on any atom is -0.379 e. The maximum atomic E-state index is 12.3. The van der Waals surface area contributed by atoms with E-state index in [4.69, 9.17) is 15.8 Å². The fourth-order valence-corrected chi connectivity index (χ4v) is 3.46. The number of hydrogen-bond donors (Lipinski definition) is 0. The van der Waals surface area contributed by atoms with Crippen LogP contribution in [0.15, 0.2) is 47.4 Å². The Labute approximate surface area is 124 Å². The molecule has 1 heterocycles. The average molecular weight is 327 g/mol. The lowest BCUT2D eigenvalue weighted by atomic mass is 10.3. The first-order chi connectivity index (χ1) is 9.56. The Hall–Kier alpha value is -1.70. The number of nitrogens with zero attached hydrogens (tertiary/aromatic N) is 2. The summed E-state index contributed by atoms with van der Waals surface area (Å²) >= 11 is 6.70. The smallest absolute Gasteiger partial charge is 0.341 e. The van der Waals surface area contributed by atoms with Crippen molar-refractivity contribution in [1.82, 2.24) is 8.75 Å². The van der Waals surface area contributed by atoms with Crippen molar-refractivity contribution in [2.45, 2.75) is 4.90 Å². The molecule has 2 aromatic carbocycles. The van der Waals surface area contributed by atoms with Gasteiger partial charge in [0.25, 0.3) is 0 Å². The van der Waals surface area contributed by atoms with Crippen LogP contribution >= 0.6 is 23.3 Å². The second kappa shape index (κ2) is 5.01. The van der Waals surface area contributed by atoms with Crippen LogP contribution in [0, 0.1) is 0 Å². The molecule has 1 aromatic heterocycles. The molecule has 20 heavy (non-hydrogen) atoms. The molecular formula is C12H7ClN2O3S2. The van der Waals surface area contributed by atoms with Crippen molar-refractivity contribution >= 4 is 44.5 Å². The van der Waals surface area contributed by atoms with Crippen LogP contribution < -0.4 is 4.18 Å². The molecule has 0 radical (unpaired) electrons. The highest BCUT2D eigenvalue weighted by Gasteiger charge is 2.21. The van der Waals surface area contributed by atoms with Gasteiger partial charge in [0, 0.05) is 5.02 Å². The Morgan fingerprint density at radius 3 is 2.55 bits per heavy atom. The van der Waals surface area contributed by atoms with E-state index in [0.717, 1.165) is 11.7 Å². The molecule has 5 nitrogen and oxygen atoms in total. The highest BCUT2D eigenvalue weighted by Crippen LogP contribution is 2.25. The fourth-order valence-electron chi connectivity index (χ4n) is 1.64. The summed E-state index contributed by atoms with van der Waals surface area (Å²) in [7, 11) is -3.96. The molecule has 0 aliphatic carbocycles. The summed E-state index contributed by atoms with van der Waals surface area (Å²) in [5.41, 5.74) is 0.835. The number of fused-ring (bicyclic) bond motifs is 1. The zero-order chi connectivity index (χ0) is 14.2. The van der Waals surface area contributed by atoms with E-state index in [2.05, 4.69) is 8.75 Å². The predicted octanol–water partition coefficient (Wildman–Crippen LogP) is 3.11. The standard InChI is InChI=1S/C12H7ClN2O3S2/c13-8-4-6-9(7-5-8)18-20(16,17)11-3-1-2-10-12(11)15-19-14-10/h1-7H. The monoisotopic (exact) mass is 326 g/mol.